The molecule has 0 bridgehead atoms. The van der Waals surface area contributed by atoms with Crippen LogP contribution >= 0.6 is 0 Å². The summed E-state index contributed by atoms with van der Waals surface area (Å²) in [5, 5.41) is 9.05. The fraction of sp³-hybridized carbons (Fsp3) is 1.00. The van der Waals surface area contributed by atoms with Crippen molar-refractivity contribution in [2.24, 2.45) is 11.7 Å². The van der Waals surface area contributed by atoms with Gasteiger partial charge in [-0.1, -0.05) is 13.8 Å². The van der Waals surface area contributed by atoms with Gasteiger partial charge in [-0.2, -0.15) is 0 Å². The highest BCUT2D eigenvalue weighted by Crippen LogP contribution is 2.04. The molecule has 1 unspecified atom stereocenters. The molecule has 0 radical (unpaired) electrons. The maximum atomic E-state index is 11.3. The second kappa shape index (κ2) is 5.57. The molecule has 0 saturated heterocycles. The molecule has 13 heavy (non-hydrogen) atoms. The maximum Gasteiger partial charge on any atom is 0.152 e. The van der Waals surface area contributed by atoms with Gasteiger partial charge >= 0.3 is 0 Å². The SMILES string of the molecule is CC(C)CCS(=O)(=O)CC(O)CN. The molecule has 0 saturated carbocycles. The van der Waals surface area contributed by atoms with Crippen molar-refractivity contribution in [3.05, 3.63) is 0 Å². The number of hydrogen-bond acceptors (Lipinski definition) is 4. The Morgan fingerprint density at radius 2 is 1.92 bits per heavy atom. The van der Waals surface area contributed by atoms with Gasteiger partial charge in [0.05, 0.1) is 17.6 Å². The van der Waals surface area contributed by atoms with Gasteiger partial charge in [-0.25, -0.2) is 8.42 Å². The fourth-order valence-electron chi connectivity index (χ4n) is 0.860. The Labute approximate surface area is 80.1 Å². The first-order valence-electron chi connectivity index (χ1n) is 4.46. The molecule has 0 amide bonds. The average molecular weight is 209 g/mol. The van der Waals surface area contributed by atoms with Crippen molar-refractivity contribution in [1.82, 2.24) is 0 Å². The van der Waals surface area contributed by atoms with E-state index in [0.717, 1.165) is 0 Å². The summed E-state index contributed by atoms with van der Waals surface area (Å²) in [4.78, 5) is 0. The average Bonchev–Trinajstić information content (AvgIpc) is 2.00. The van der Waals surface area contributed by atoms with E-state index in [1.165, 1.54) is 0 Å². The Balaban J connectivity index is 3.95. The monoisotopic (exact) mass is 209 g/mol. The Kier molecular flexibility index (Phi) is 5.51. The molecule has 0 fully saturated rings. The van der Waals surface area contributed by atoms with Crippen molar-refractivity contribution in [3.63, 3.8) is 0 Å². The van der Waals surface area contributed by atoms with Gasteiger partial charge in [0.25, 0.3) is 0 Å². The maximum absolute atomic E-state index is 11.3. The van der Waals surface area contributed by atoms with Crippen molar-refractivity contribution in [1.29, 1.82) is 0 Å². The first-order chi connectivity index (χ1) is 5.87. The number of aliphatic hydroxyl groups is 1. The van der Waals surface area contributed by atoms with Crippen LogP contribution in [0.2, 0.25) is 0 Å². The normalized spacial score (nSPS) is 14.8. The van der Waals surface area contributed by atoms with Crippen LogP contribution in [0.25, 0.3) is 0 Å². The largest absolute Gasteiger partial charge is 0.391 e. The highest BCUT2D eigenvalue weighted by Gasteiger charge is 2.16. The molecule has 1 atom stereocenters. The van der Waals surface area contributed by atoms with E-state index in [1.807, 2.05) is 13.8 Å². The van der Waals surface area contributed by atoms with Crippen LogP contribution in [0.5, 0.6) is 0 Å². The lowest BCUT2D eigenvalue weighted by Crippen LogP contribution is -2.29. The molecule has 5 heteroatoms. The lowest BCUT2D eigenvalue weighted by Gasteiger charge is -2.09. The minimum absolute atomic E-state index is 0.000901. The topological polar surface area (TPSA) is 80.4 Å². The van der Waals surface area contributed by atoms with E-state index >= 15 is 0 Å². The molecular formula is C8H19NO3S. The third kappa shape index (κ3) is 6.98. The van der Waals surface area contributed by atoms with E-state index in [-0.39, 0.29) is 18.1 Å². The predicted octanol–water partition coefficient (Wildman–Crippen LogP) is -0.233. The predicted molar refractivity (Wildman–Crippen MR) is 53.2 cm³/mol. The minimum Gasteiger partial charge on any atom is -0.391 e. The van der Waals surface area contributed by atoms with Crippen molar-refractivity contribution in [2.45, 2.75) is 26.4 Å². The number of sulfone groups is 1. The molecular weight excluding hydrogens is 190 g/mol. The molecule has 0 heterocycles. The molecule has 80 valence electrons. The summed E-state index contributed by atoms with van der Waals surface area (Å²) < 4.78 is 22.6. The van der Waals surface area contributed by atoms with E-state index < -0.39 is 15.9 Å². The molecule has 4 nitrogen and oxygen atoms in total. The van der Waals surface area contributed by atoms with Gasteiger partial charge in [-0.05, 0) is 12.3 Å². The Morgan fingerprint density at radius 1 is 1.38 bits per heavy atom. The summed E-state index contributed by atoms with van der Waals surface area (Å²) in [7, 11) is -3.12. The summed E-state index contributed by atoms with van der Waals surface area (Å²) in [6, 6.07) is 0. The van der Waals surface area contributed by atoms with E-state index in [1.54, 1.807) is 0 Å². The van der Waals surface area contributed by atoms with Crippen LogP contribution in [0.3, 0.4) is 0 Å². The summed E-state index contributed by atoms with van der Waals surface area (Å²) >= 11 is 0. The molecule has 0 spiro atoms. The Bertz CT molecular complexity index is 224. The van der Waals surface area contributed by atoms with Crippen molar-refractivity contribution in [3.8, 4) is 0 Å². The van der Waals surface area contributed by atoms with Crippen molar-refractivity contribution < 1.29 is 13.5 Å². The smallest absolute Gasteiger partial charge is 0.152 e. The Hall–Kier alpha value is -0.130. The van der Waals surface area contributed by atoms with Crippen molar-refractivity contribution in [2.75, 3.05) is 18.1 Å². The lowest BCUT2D eigenvalue weighted by molar-refractivity contribution is 0.205. The molecule has 0 aromatic heterocycles. The van der Waals surface area contributed by atoms with Crippen molar-refractivity contribution >= 4 is 9.84 Å². The van der Waals surface area contributed by atoms with Crippen LogP contribution in [0.1, 0.15) is 20.3 Å². The van der Waals surface area contributed by atoms with Gasteiger partial charge in [0.1, 0.15) is 0 Å². The molecule has 0 aromatic rings. The molecule has 0 aliphatic heterocycles. The van der Waals surface area contributed by atoms with Crippen LogP contribution in [-0.4, -0.2) is 37.7 Å². The van der Waals surface area contributed by atoms with Gasteiger partial charge in [0.2, 0.25) is 0 Å². The zero-order valence-corrected chi connectivity index (χ0v) is 9.05. The Morgan fingerprint density at radius 3 is 2.31 bits per heavy atom. The summed E-state index contributed by atoms with van der Waals surface area (Å²) in [5.41, 5.74) is 5.12. The molecule has 0 aliphatic rings. The van der Waals surface area contributed by atoms with E-state index in [4.69, 9.17) is 10.8 Å². The molecule has 0 rings (SSSR count). The third-order valence-electron chi connectivity index (χ3n) is 1.72. The van der Waals surface area contributed by atoms with Gasteiger partial charge in [0, 0.05) is 6.54 Å². The van der Waals surface area contributed by atoms with Crippen LogP contribution < -0.4 is 5.73 Å². The first kappa shape index (κ1) is 12.9. The first-order valence-corrected chi connectivity index (χ1v) is 6.28. The van der Waals surface area contributed by atoms with E-state index in [2.05, 4.69) is 0 Å². The van der Waals surface area contributed by atoms with E-state index in [0.29, 0.717) is 12.3 Å². The molecule has 0 aromatic carbocycles. The second-order valence-electron chi connectivity index (χ2n) is 3.69. The van der Waals surface area contributed by atoms with Gasteiger partial charge < -0.3 is 10.8 Å². The number of rotatable bonds is 6. The fourth-order valence-corrected chi connectivity index (χ4v) is 2.58. The standard InChI is InChI=1S/C8H19NO3S/c1-7(2)3-4-13(11,12)6-8(10)5-9/h7-8,10H,3-6,9H2,1-2H3. The zero-order chi connectivity index (χ0) is 10.5. The highest BCUT2D eigenvalue weighted by molar-refractivity contribution is 7.91. The van der Waals surface area contributed by atoms with Crippen LogP contribution in [0.4, 0.5) is 0 Å². The van der Waals surface area contributed by atoms with Crippen LogP contribution in [0.15, 0.2) is 0 Å². The summed E-state index contributed by atoms with van der Waals surface area (Å²) in [6.07, 6.45) is -0.281. The van der Waals surface area contributed by atoms with Crippen LogP contribution in [-0.2, 0) is 9.84 Å². The minimum atomic E-state index is -3.12. The summed E-state index contributed by atoms with van der Waals surface area (Å²) in [5.74, 6) is 0.294. The highest BCUT2D eigenvalue weighted by atomic mass is 32.2. The zero-order valence-electron chi connectivity index (χ0n) is 8.23. The summed E-state index contributed by atoms with van der Waals surface area (Å²) in [6.45, 7) is 3.94. The molecule has 3 N–H and O–H groups in total. The quantitative estimate of drug-likeness (QED) is 0.633. The van der Waals surface area contributed by atoms with Gasteiger partial charge in [0.15, 0.2) is 9.84 Å². The van der Waals surface area contributed by atoms with Crippen LogP contribution in [0, 0.1) is 5.92 Å². The van der Waals surface area contributed by atoms with Gasteiger partial charge in [-0.15, -0.1) is 0 Å². The van der Waals surface area contributed by atoms with Gasteiger partial charge in [-0.3, -0.25) is 0 Å². The van der Waals surface area contributed by atoms with E-state index in [9.17, 15) is 8.42 Å². The number of hydrogen-bond donors (Lipinski definition) is 2. The lowest BCUT2D eigenvalue weighted by atomic mass is 10.2. The molecule has 0 aliphatic carbocycles. The third-order valence-corrected chi connectivity index (χ3v) is 3.47. The number of nitrogens with two attached hydrogens (primary N) is 1. The number of aliphatic hydroxyl groups excluding tert-OH is 1. The second-order valence-corrected chi connectivity index (χ2v) is 5.92.